The monoisotopic (exact) mass is 386 g/mol. The van der Waals surface area contributed by atoms with Crippen LogP contribution in [0.15, 0.2) is 46.3 Å². The number of rotatable bonds is 4. The van der Waals surface area contributed by atoms with Crippen LogP contribution < -0.4 is 5.32 Å². The van der Waals surface area contributed by atoms with Gasteiger partial charge in [-0.05, 0) is 55.3 Å². The first-order valence-electron chi connectivity index (χ1n) is 7.53. The van der Waals surface area contributed by atoms with Crippen LogP contribution >= 0.6 is 23.4 Å². The Morgan fingerprint density at radius 3 is 2.32 bits per heavy atom. The van der Waals surface area contributed by atoms with Crippen LogP contribution in [0.25, 0.3) is 0 Å². The Bertz CT molecular complexity index is 771. The summed E-state index contributed by atoms with van der Waals surface area (Å²) in [5.41, 5.74) is 3.18. The van der Waals surface area contributed by atoms with Gasteiger partial charge in [-0.25, -0.2) is 4.99 Å². The molecule has 0 heterocycles. The molecule has 0 unspecified atom stereocenters. The lowest BCUT2D eigenvalue weighted by Gasteiger charge is -2.12. The van der Waals surface area contributed by atoms with Crippen molar-refractivity contribution in [2.24, 2.45) is 4.99 Å². The lowest BCUT2D eigenvalue weighted by molar-refractivity contribution is -0.105. The topological polar surface area (TPSA) is 24.4 Å². The summed E-state index contributed by atoms with van der Waals surface area (Å²) in [4.78, 5) is 5.17. The molecule has 0 aliphatic carbocycles. The van der Waals surface area contributed by atoms with E-state index < -0.39 is 11.9 Å². The van der Waals surface area contributed by atoms with Crippen LogP contribution in [0.4, 0.5) is 18.9 Å². The molecule has 0 atom stereocenters. The highest BCUT2D eigenvalue weighted by Crippen LogP contribution is 2.34. The molecule has 25 heavy (non-hydrogen) atoms. The van der Waals surface area contributed by atoms with E-state index >= 15 is 0 Å². The van der Waals surface area contributed by atoms with E-state index in [0.717, 1.165) is 28.5 Å². The Labute approximate surface area is 154 Å². The van der Waals surface area contributed by atoms with Crippen LogP contribution in [0.1, 0.15) is 16.7 Å². The van der Waals surface area contributed by atoms with Crippen LogP contribution in [-0.4, -0.2) is 24.8 Å². The van der Waals surface area contributed by atoms with Gasteiger partial charge >= 0.3 is 6.18 Å². The first-order chi connectivity index (χ1) is 11.7. The molecule has 0 saturated carbocycles. The first-order valence-corrected chi connectivity index (χ1v) is 8.89. The third-order valence-electron chi connectivity index (χ3n) is 3.47. The van der Waals surface area contributed by atoms with Crippen LogP contribution in [0.2, 0.25) is 5.02 Å². The lowest BCUT2D eigenvalue weighted by atomic mass is 10.1. The highest BCUT2D eigenvalue weighted by atomic mass is 35.5. The molecule has 0 bridgehead atoms. The van der Waals surface area contributed by atoms with Gasteiger partial charge in [0.2, 0.25) is 0 Å². The van der Waals surface area contributed by atoms with Crippen LogP contribution in [0.3, 0.4) is 0 Å². The molecule has 0 spiro atoms. The molecule has 0 fully saturated rings. The molecule has 7 heteroatoms. The van der Waals surface area contributed by atoms with Crippen molar-refractivity contribution in [3.8, 4) is 0 Å². The summed E-state index contributed by atoms with van der Waals surface area (Å²) in [6.07, 6.45) is -4.20. The zero-order valence-corrected chi connectivity index (χ0v) is 15.6. The molecule has 1 N–H and O–H groups in total. The number of hydrogen-bond donors (Lipinski definition) is 1. The van der Waals surface area contributed by atoms with Crippen molar-refractivity contribution in [2.75, 3.05) is 12.8 Å². The number of benzene rings is 2. The third kappa shape index (κ3) is 5.68. The average molecular weight is 387 g/mol. The van der Waals surface area contributed by atoms with Gasteiger partial charge in [0.05, 0.1) is 11.4 Å². The number of amidine groups is 1. The Morgan fingerprint density at radius 1 is 1.12 bits per heavy atom. The van der Waals surface area contributed by atoms with Crippen molar-refractivity contribution < 1.29 is 13.2 Å². The van der Waals surface area contributed by atoms with Crippen LogP contribution in [0, 0.1) is 13.8 Å². The van der Waals surface area contributed by atoms with Gasteiger partial charge in [-0.1, -0.05) is 17.7 Å². The van der Waals surface area contributed by atoms with Gasteiger partial charge in [0.15, 0.2) is 0 Å². The minimum atomic E-state index is -4.20. The second-order valence-electron chi connectivity index (χ2n) is 5.53. The van der Waals surface area contributed by atoms with Crippen molar-refractivity contribution in [2.45, 2.75) is 24.9 Å². The van der Waals surface area contributed by atoms with Gasteiger partial charge in [0.1, 0.15) is 5.84 Å². The number of nitrogens with zero attached hydrogens (tertiary/aromatic N) is 1. The molecule has 0 amide bonds. The molecule has 134 valence electrons. The molecule has 0 aliphatic heterocycles. The molecule has 0 saturated heterocycles. The number of hydrogen-bond acceptors (Lipinski definition) is 2. The van der Waals surface area contributed by atoms with E-state index in [-0.39, 0.29) is 0 Å². The molecular formula is C18H18ClF3N2S. The summed E-state index contributed by atoms with van der Waals surface area (Å²) >= 11 is 6.68. The van der Waals surface area contributed by atoms with Crippen molar-refractivity contribution >= 4 is 34.9 Å². The highest BCUT2D eigenvalue weighted by molar-refractivity contribution is 7.99. The van der Waals surface area contributed by atoms with Gasteiger partial charge in [-0.3, -0.25) is 0 Å². The van der Waals surface area contributed by atoms with Gasteiger partial charge in [0, 0.05) is 22.5 Å². The molecule has 0 radical (unpaired) electrons. The fourth-order valence-corrected chi connectivity index (χ4v) is 3.18. The maximum absolute atomic E-state index is 12.5. The molecular weight excluding hydrogens is 369 g/mol. The van der Waals surface area contributed by atoms with E-state index in [1.807, 2.05) is 25.1 Å². The SMILES string of the molecule is CN/C(=N\c1cc(SCC(F)(F)F)c(C)cc1C)c1ccc(Cl)cc1. The Kier molecular flexibility index (Phi) is 6.41. The smallest absolute Gasteiger partial charge is 0.373 e. The zero-order valence-electron chi connectivity index (χ0n) is 14.0. The predicted octanol–water partition coefficient (Wildman–Crippen LogP) is 5.91. The fourth-order valence-electron chi connectivity index (χ4n) is 2.25. The predicted molar refractivity (Wildman–Crippen MR) is 99.4 cm³/mol. The largest absolute Gasteiger partial charge is 0.398 e. The molecule has 2 aromatic carbocycles. The number of aryl methyl sites for hydroxylation is 2. The molecule has 0 aromatic heterocycles. The fraction of sp³-hybridized carbons (Fsp3) is 0.278. The maximum Gasteiger partial charge on any atom is 0.398 e. The Morgan fingerprint density at radius 2 is 1.76 bits per heavy atom. The second kappa shape index (κ2) is 8.15. The van der Waals surface area contributed by atoms with E-state index in [0.29, 0.717) is 21.4 Å². The highest BCUT2D eigenvalue weighted by Gasteiger charge is 2.27. The number of aliphatic imine (C=N–C) groups is 1. The quantitative estimate of drug-likeness (QED) is 0.401. The van der Waals surface area contributed by atoms with Gasteiger partial charge in [-0.2, -0.15) is 13.2 Å². The normalized spacial score (nSPS) is 12.4. The number of nitrogens with one attached hydrogen (secondary N) is 1. The summed E-state index contributed by atoms with van der Waals surface area (Å²) in [5, 5.41) is 3.65. The maximum atomic E-state index is 12.5. The Balaban J connectivity index is 2.37. The van der Waals surface area contributed by atoms with E-state index in [1.165, 1.54) is 0 Å². The second-order valence-corrected chi connectivity index (χ2v) is 6.98. The Hall–Kier alpha value is -1.66. The third-order valence-corrected chi connectivity index (χ3v) is 4.95. The summed E-state index contributed by atoms with van der Waals surface area (Å²) in [6.45, 7) is 3.69. The lowest BCUT2D eigenvalue weighted by Crippen LogP contribution is -2.19. The van der Waals surface area contributed by atoms with E-state index in [1.54, 1.807) is 32.2 Å². The van der Waals surface area contributed by atoms with Crippen molar-refractivity contribution in [1.82, 2.24) is 5.32 Å². The molecule has 2 rings (SSSR count). The van der Waals surface area contributed by atoms with Gasteiger partial charge < -0.3 is 5.32 Å². The van der Waals surface area contributed by atoms with E-state index in [4.69, 9.17) is 11.6 Å². The summed E-state index contributed by atoms with van der Waals surface area (Å²) in [5.74, 6) is -0.300. The van der Waals surface area contributed by atoms with Crippen molar-refractivity contribution in [1.29, 1.82) is 0 Å². The van der Waals surface area contributed by atoms with Gasteiger partial charge in [-0.15, -0.1) is 11.8 Å². The molecule has 2 nitrogen and oxygen atoms in total. The number of alkyl halides is 3. The van der Waals surface area contributed by atoms with Crippen LogP contribution in [-0.2, 0) is 0 Å². The number of halogens is 4. The van der Waals surface area contributed by atoms with E-state index in [2.05, 4.69) is 10.3 Å². The van der Waals surface area contributed by atoms with Crippen molar-refractivity contribution in [3.63, 3.8) is 0 Å². The summed E-state index contributed by atoms with van der Waals surface area (Å²) in [7, 11) is 1.75. The van der Waals surface area contributed by atoms with E-state index in [9.17, 15) is 13.2 Å². The first kappa shape index (κ1) is 19.7. The number of thioether (sulfide) groups is 1. The average Bonchev–Trinajstić information content (AvgIpc) is 2.53. The zero-order chi connectivity index (χ0) is 18.6. The molecule has 0 aliphatic rings. The van der Waals surface area contributed by atoms with Crippen LogP contribution in [0.5, 0.6) is 0 Å². The standard InChI is InChI=1S/C18H18ClF3N2S/c1-11-8-12(2)16(25-10-18(20,21)22)9-15(11)24-17(23-3)13-4-6-14(19)7-5-13/h4-9H,10H2,1-3H3,(H,23,24). The minimum absolute atomic E-state index is 0.577. The van der Waals surface area contributed by atoms with Gasteiger partial charge in [0.25, 0.3) is 0 Å². The van der Waals surface area contributed by atoms with Crippen molar-refractivity contribution in [3.05, 3.63) is 58.1 Å². The molecule has 2 aromatic rings. The minimum Gasteiger partial charge on any atom is -0.373 e. The summed E-state index contributed by atoms with van der Waals surface area (Å²) in [6, 6.07) is 10.7. The summed E-state index contributed by atoms with van der Waals surface area (Å²) < 4.78 is 37.5.